The average molecular weight is 312 g/mol. The Labute approximate surface area is 114 Å². The summed E-state index contributed by atoms with van der Waals surface area (Å²) in [6.07, 6.45) is 2.17. The minimum Gasteiger partial charge on any atom is -0.480 e. The summed E-state index contributed by atoms with van der Waals surface area (Å²) in [5, 5.41) is 8.86. The molecule has 0 radical (unpaired) electrons. The summed E-state index contributed by atoms with van der Waals surface area (Å²) in [5.41, 5.74) is 0.520. The second-order valence-corrected chi connectivity index (χ2v) is 5.45. The Kier molecular flexibility index (Phi) is 4.01. The fourth-order valence-corrected chi connectivity index (χ4v) is 2.20. The standard InChI is InChI=1S/C13H14BrNO3/c14-11-3-1-2-10(6-11)13(18)15(8-12(16)17)7-9-4-5-9/h1-3,6,9H,4-5,7-8H2,(H,16,17). The summed E-state index contributed by atoms with van der Waals surface area (Å²) in [6, 6.07) is 7.02. The van der Waals surface area contributed by atoms with Gasteiger partial charge >= 0.3 is 5.97 Å². The lowest BCUT2D eigenvalue weighted by atomic mass is 10.2. The first kappa shape index (κ1) is 13.1. The van der Waals surface area contributed by atoms with Crippen LogP contribution in [0.1, 0.15) is 23.2 Å². The average Bonchev–Trinajstić information content (AvgIpc) is 3.10. The minimum atomic E-state index is -0.973. The van der Waals surface area contributed by atoms with Crippen LogP contribution in [0.4, 0.5) is 0 Å². The number of aliphatic carboxylic acids is 1. The lowest BCUT2D eigenvalue weighted by Crippen LogP contribution is -2.37. The van der Waals surface area contributed by atoms with E-state index in [0.29, 0.717) is 18.0 Å². The molecule has 2 rings (SSSR count). The number of carbonyl (C=O) groups excluding carboxylic acids is 1. The van der Waals surface area contributed by atoms with Crippen molar-refractivity contribution in [2.24, 2.45) is 5.92 Å². The van der Waals surface area contributed by atoms with Gasteiger partial charge in [0, 0.05) is 16.6 Å². The van der Waals surface area contributed by atoms with Crippen LogP contribution in [0.15, 0.2) is 28.7 Å². The van der Waals surface area contributed by atoms with Gasteiger partial charge in [0.15, 0.2) is 0 Å². The highest BCUT2D eigenvalue weighted by Gasteiger charge is 2.28. The van der Waals surface area contributed by atoms with Crippen LogP contribution >= 0.6 is 15.9 Å². The molecule has 1 aliphatic rings. The molecule has 1 aliphatic carbocycles. The predicted octanol–water partition coefficient (Wildman–Crippen LogP) is 2.39. The Morgan fingerprint density at radius 2 is 2.11 bits per heavy atom. The van der Waals surface area contributed by atoms with Crippen LogP contribution in [0.25, 0.3) is 0 Å². The molecule has 1 aromatic carbocycles. The van der Waals surface area contributed by atoms with Crippen LogP contribution in [0.5, 0.6) is 0 Å². The quantitative estimate of drug-likeness (QED) is 0.908. The molecule has 0 aromatic heterocycles. The molecule has 0 unspecified atom stereocenters. The fourth-order valence-electron chi connectivity index (χ4n) is 1.80. The zero-order valence-corrected chi connectivity index (χ0v) is 11.4. The number of halogens is 1. The molecule has 1 fully saturated rings. The van der Waals surface area contributed by atoms with Crippen LogP contribution in [0.3, 0.4) is 0 Å². The highest BCUT2D eigenvalue weighted by molar-refractivity contribution is 9.10. The summed E-state index contributed by atoms with van der Waals surface area (Å²) in [5.74, 6) is -0.718. The molecule has 1 N–H and O–H groups in total. The van der Waals surface area contributed by atoms with Gasteiger partial charge in [0.05, 0.1) is 0 Å². The maximum Gasteiger partial charge on any atom is 0.323 e. The molecule has 1 aromatic rings. The number of nitrogens with zero attached hydrogens (tertiary/aromatic N) is 1. The van der Waals surface area contributed by atoms with Crippen molar-refractivity contribution in [3.8, 4) is 0 Å². The number of carboxylic acid groups (broad SMARTS) is 1. The van der Waals surface area contributed by atoms with Crippen molar-refractivity contribution in [3.05, 3.63) is 34.3 Å². The van der Waals surface area contributed by atoms with Gasteiger partial charge in [-0.25, -0.2) is 0 Å². The topological polar surface area (TPSA) is 57.6 Å². The Hall–Kier alpha value is -1.36. The lowest BCUT2D eigenvalue weighted by Gasteiger charge is -2.20. The molecule has 0 spiro atoms. The summed E-state index contributed by atoms with van der Waals surface area (Å²) >= 11 is 3.31. The lowest BCUT2D eigenvalue weighted by molar-refractivity contribution is -0.137. The van der Waals surface area contributed by atoms with Crippen LogP contribution < -0.4 is 0 Å². The minimum absolute atomic E-state index is 0.217. The smallest absolute Gasteiger partial charge is 0.323 e. The first-order valence-corrected chi connectivity index (χ1v) is 6.62. The van der Waals surface area contributed by atoms with Gasteiger partial charge < -0.3 is 10.0 Å². The van der Waals surface area contributed by atoms with Gasteiger partial charge in [0.25, 0.3) is 5.91 Å². The monoisotopic (exact) mass is 311 g/mol. The predicted molar refractivity (Wildman–Crippen MR) is 70.4 cm³/mol. The molecule has 4 nitrogen and oxygen atoms in total. The molecule has 18 heavy (non-hydrogen) atoms. The van der Waals surface area contributed by atoms with Crippen molar-refractivity contribution in [2.45, 2.75) is 12.8 Å². The third-order valence-corrected chi connectivity index (χ3v) is 3.35. The maximum absolute atomic E-state index is 12.2. The van der Waals surface area contributed by atoms with E-state index in [1.807, 2.05) is 6.07 Å². The van der Waals surface area contributed by atoms with Crippen molar-refractivity contribution >= 4 is 27.8 Å². The van der Waals surface area contributed by atoms with Crippen molar-refractivity contribution in [1.82, 2.24) is 4.90 Å². The van der Waals surface area contributed by atoms with E-state index in [1.165, 1.54) is 4.90 Å². The Morgan fingerprint density at radius 1 is 1.39 bits per heavy atom. The molecule has 0 saturated heterocycles. The number of rotatable bonds is 5. The van der Waals surface area contributed by atoms with E-state index in [9.17, 15) is 9.59 Å². The second-order valence-electron chi connectivity index (χ2n) is 4.53. The molecule has 0 aliphatic heterocycles. The van der Waals surface area contributed by atoms with E-state index in [0.717, 1.165) is 17.3 Å². The molecular formula is C13H14BrNO3. The summed E-state index contributed by atoms with van der Waals surface area (Å²) in [4.78, 5) is 24.5. The number of benzene rings is 1. The molecule has 5 heteroatoms. The van der Waals surface area contributed by atoms with Gasteiger partial charge in [-0.1, -0.05) is 22.0 Å². The first-order valence-electron chi connectivity index (χ1n) is 5.83. The Bertz CT molecular complexity index is 471. The van der Waals surface area contributed by atoms with Crippen molar-refractivity contribution < 1.29 is 14.7 Å². The zero-order valence-electron chi connectivity index (χ0n) is 9.80. The molecule has 0 heterocycles. The molecule has 0 atom stereocenters. The SMILES string of the molecule is O=C(O)CN(CC1CC1)C(=O)c1cccc(Br)c1. The fraction of sp³-hybridized carbons (Fsp3) is 0.385. The number of hydrogen-bond acceptors (Lipinski definition) is 2. The van der Waals surface area contributed by atoms with Crippen LogP contribution in [-0.2, 0) is 4.79 Å². The highest BCUT2D eigenvalue weighted by atomic mass is 79.9. The van der Waals surface area contributed by atoms with Crippen molar-refractivity contribution in [3.63, 3.8) is 0 Å². The van der Waals surface area contributed by atoms with Gasteiger partial charge in [0.2, 0.25) is 0 Å². The third kappa shape index (κ3) is 3.57. The van der Waals surface area contributed by atoms with Gasteiger partial charge in [-0.3, -0.25) is 9.59 Å². The summed E-state index contributed by atoms with van der Waals surface area (Å²) in [6.45, 7) is 0.305. The Balaban J connectivity index is 2.12. The molecule has 1 saturated carbocycles. The summed E-state index contributed by atoms with van der Waals surface area (Å²) < 4.78 is 0.815. The molecule has 0 bridgehead atoms. The normalized spacial score (nSPS) is 14.3. The van der Waals surface area contributed by atoms with E-state index in [1.54, 1.807) is 18.2 Å². The van der Waals surface area contributed by atoms with E-state index < -0.39 is 5.97 Å². The van der Waals surface area contributed by atoms with E-state index in [2.05, 4.69) is 15.9 Å². The van der Waals surface area contributed by atoms with Crippen LogP contribution in [-0.4, -0.2) is 35.0 Å². The summed E-state index contributed by atoms with van der Waals surface area (Å²) in [7, 11) is 0. The number of hydrogen-bond donors (Lipinski definition) is 1. The first-order chi connectivity index (χ1) is 8.56. The van der Waals surface area contributed by atoms with E-state index in [4.69, 9.17) is 5.11 Å². The Morgan fingerprint density at radius 3 is 2.67 bits per heavy atom. The number of amides is 1. The largest absolute Gasteiger partial charge is 0.480 e. The van der Waals surface area contributed by atoms with Crippen molar-refractivity contribution in [2.75, 3.05) is 13.1 Å². The van der Waals surface area contributed by atoms with Gasteiger partial charge in [-0.15, -0.1) is 0 Å². The zero-order chi connectivity index (χ0) is 13.1. The number of carboxylic acids is 1. The number of carbonyl (C=O) groups is 2. The van der Waals surface area contributed by atoms with Crippen LogP contribution in [0, 0.1) is 5.92 Å². The van der Waals surface area contributed by atoms with E-state index in [-0.39, 0.29) is 12.5 Å². The highest BCUT2D eigenvalue weighted by Crippen LogP contribution is 2.30. The van der Waals surface area contributed by atoms with Gasteiger partial charge in [-0.05, 0) is 37.0 Å². The third-order valence-electron chi connectivity index (χ3n) is 2.86. The second kappa shape index (κ2) is 5.52. The van der Waals surface area contributed by atoms with Gasteiger partial charge in [0.1, 0.15) is 6.54 Å². The maximum atomic E-state index is 12.2. The van der Waals surface area contributed by atoms with E-state index >= 15 is 0 Å². The van der Waals surface area contributed by atoms with Crippen LogP contribution in [0.2, 0.25) is 0 Å². The molecule has 96 valence electrons. The molecular weight excluding hydrogens is 298 g/mol. The van der Waals surface area contributed by atoms with Crippen molar-refractivity contribution in [1.29, 1.82) is 0 Å². The molecule has 1 amide bonds. The van der Waals surface area contributed by atoms with Gasteiger partial charge in [-0.2, -0.15) is 0 Å².